The van der Waals surface area contributed by atoms with E-state index in [9.17, 15) is 9.90 Å². The number of ether oxygens (including phenoxy) is 2. The van der Waals surface area contributed by atoms with Crippen LogP contribution in [0.5, 0.6) is 11.5 Å². The summed E-state index contributed by atoms with van der Waals surface area (Å²) in [6.45, 7) is 7.47. The molecule has 0 spiro atoms. The number of nitrogens with zero attached hydrogens (tertiary/aromatic N) is 1. The van der Waals surface area contributed by atoms with Gasteiger partial charge in [0, 0.05) is 6.54 Å². The maximum Gasteiger partial charge on any atom is 1.00 e. The van der Waals surface area contributed by atoms with Crippen molar-refractivity contribution in [3.63, 3.8) is 0 Å². The molecule has 0 fully saturated rings. The van der Waals surface area contributed by atoms with E-state index in [0.29, 0.717) is 12.2 Å². The molecule has 0 aromatic heterocycles. The van der Waals surface area contributed by atoms with Gasteiger partial charge in [-0.15, -0.1) is 0 Å². The Labute approximate surface area is 148 Å². The first-order valence-electron chi connectivity index (χ1n) is 6.86. The minimum Gasteiger partial charge on any atom is -0.870 e. The van der Waals surface area contributed by atoms with Crippen molar-refractivity contribution in [2.45, 2.75) is 20.3 Å². The summed E-state index contributed by atoms with van der Waals surface area (Å²) in [5.41, 5.74) is 0.337. The topological polar surface area (TPSA) is 61.8 Å². The summed E-state index contributed by atoms with van der Waals surface area (Å²) in [6.07, 6.45) is 0.796. The summed E-state index contributed by atoms with van der Waals surface area (Å²) >= 11 is 0. The molecule has 112 valence electrons. The molecule has 0 heterocycles. The Balaban J connectivity index is 0.00000400. The third kappa shape index (κ3) is 6.70. The van der Waals surface area contributed by atoms with E-state index >= 15 is 0 Å². The number of esters is 1. The van der Waals surface area contributed by atoms with Gasteiger partial charge in [-0.1, -0.05) is 25.7 Å². The van der Waals surface area contributed by atoms with Gasteiger partial charge >= 0.3 is 35.5 Å². The first kappa shape index (κ1) is 20.2. The minimum absolute atomic E-state index is 0. The number of methoxy groups -OCH3 is 1. The molecule has 0 saturated heterocycles. The summed E-state index contributed by atoms with van der Waals surface area (Å²) in [6, 6.07) is 4.18. The smallest absolute Gasteiger partial charge is 0.870 e. The summed E-state index contributed by atoms with van der Waals surface area (Å²) in [5.74, 6) is -0.518. The monoisotopic (exact) mass is 303 g/mol. The van der Waals surface area contributed by atoms with Crippen LogP contribution >= 0.6 is 0 Å². The predicted molar refractivity (Wildman–Crippen MR) is 75.1 cm³/mol. The van der Waals surface area contributed by atoms with E-state index in [2.05, 4.69) is 18.7 Å². The molecule has 6 heteroatoms. The van der Waals surface area contributed by atoms with E-state index in [1.54, 1.807) is 0 Å². The zero-order chi connectivity index (χ0) is 15.0. The molecular formula is C15H22NNaO4. The van der Waals surface area contributed by atoms with Crippen LogP contribution in [0.25, 0.3) is 0 Å². The van der Waals surface area contributed by atoms with Gasteiger partial charge in [0.1, 0.15) is 5.75 Å². The van der Waals surface area contributed by atoms with Crippen LogP contribution in [0, 0.1) is 0 Å². The Bertz CT molecular complexity index is 436. The summed E-state index contributed by atoms with van der Waals surface area (Å²) in [4.78, 5) is 14.1. The molecule has 0 amide bonds. The molecule has 0 aliphatic carbocycles. The Morgan fingerprint density at radius 2 is 1.95 bits per heavy atom. The summed E-state index contributed by atoms with van der Waals surface area (Å²) in [5, 5.41) is 11.3. The molecule has 21 heavy (non-hydrogen) atoms. The van der Waals surface area contributed by atoms with Gasteiger partial charge < -0.3 is 19.5 Å². The maximum absolute atomic E-state index is 11.8. The third-order valence-electron chi connectivity index (χ3n) is 3.15. The standard InChI is InChI=1S/C15H23NO4.Na/c1-4-16(5-2)9-6-10-20-15(18)12-7-8-13(17)14(11-12)19-3;/h7-8,11,17H,4-6,9-10H2,1-3H3;/q;+1/p-1. The second-order valence-electron chi connectivity index (χ2n) is 4.38. The van der Waals surface area contributed by atoms with Crippen molar-refractivity contribution in [1.82, 2.24) is 4.90 Å². The SMILES string of the molecule is CCN(CC)CCCOC(=O)c1ccc([O-])c(OC)c1.[Na+]. The van der Waals surface area contributed by atoms with E-state index in [1.807, 2.05) is 0 Å². The molecule has 0 radical (unpaired) electrons. The fourth-order valence-corrected chi connectivity index (χ4v) is 1.87. The second kappa shape index (κ2) is 10.9. The number of carbonyl (C=O) groups excluding carboxylic acids is 1. The van der Waals surface area contributed by atoms with E-state index in [-0.39, 0.29) is 41.1 Å². The molecule has 0 aliphatic rings. The zero-order valence-electron chi connectivity index (χ0n) is 13.3. The van der Waals surface area contributed by atoms with Gasteiger partial charge in [0.05, 0.1) is 19.3 Å². The summed E-state index contributed by atoms with van der Waals surface area (Å²) < 4.78 is 10.1. The number of hydrogen-bond acceptors (Lipinski definition) is 5. The third-order valence-corrected chi connectivity index (χ3v) is 3.15. The van der Waals surface area contributed by atoms with Gasteiger partial charge in [-0.3, -0.25) is 0 Å². The van der Waals surface area contributed by atoms with E-state index in [4.69, 9.17) is 9.47 Å². The van der Waals surface area contributed by atoms with Gasteiger partial charge in [0.2, 0.25) is 0 Å². The van der Waals surface area contributed by atoms with Crippen LogP contribution in [0.15, 0.2) is 18.2 Å². The average Bonchev–Trinajstić information content (AvgIpc) is 2.47. The normalized spacial score (nSPS) is 10.1. The predicted octanol–water partition coefficient (Wildman–Crippen LogP) is -1.34. The molecule has 1 aromatic rings. The summed E-state index contributed by atoms with van der Waals surface area (Å²) in [7, 11) is 1.40. The molecule has 0 bridgehead atoms. The quantitative estimate of drug-likeness (QED) is 0.338. The molecule has 1 aromatic carbocycles. The van der Waals surface area contributed by atoms with Crippen molar-refractivity contribution < 1.29 is 48.9 Å². The van der Waals surface area contributed by atoms with Crippen molar-refractivity contribution in [1.29, 1.82) is 0 Å². The van der Waals surface area contributed by atoms with Gasteiger partial charge in [0.15, 0.2) is 0 Å². The first-order chi connectivity index (χ1) is 9.62. The average molecular weight is 303 g/mol. The fraction of sp³-hybridized carbons (Fsp3) is 0.533. The van der Waals surface area contributed by atoms with E-state index < -0.39 is 5.97 Å². The van der Waals surface area contributed by atoms with Crippen molar-refractivity contribution in [2.24, 2.45) is 0 Å². The molecule has 0 atom stereocenters. The zero-order valence-corrected chi connectivity index (χ0v) is 15.3. The van der Waals surface area contributed by atoms with Crippen LogP contribution in [0.2, 0.25) is 0 Å². The minimum atomic E-state index is -0.428. The number of rotatable bonds is 8. The van der Waals surface area contributed by atoms with Crippen molar-refractivity contribution >= 4 is 5.97 Å². The Morgan fingerprint density at radius 1 is 1.29 bits per heavy atom. The van der Waals surface area contributed by atoms with Crippen molar-refractivity contribution in [3.8, 4) is 11.5 Å². The molecule has 0 saturated carbocycles. The first-order valence-corrected chi connectivity index (χ1v) is 6.86. The van der Waals surface area contributed by atoms with Gasteiger partial charge in [-0.2, -0.15) is 0 Å². The molecule has 0 N–H and O–H groups in total. The molecular weight excluding hydrogens is 281 g/mol. The van der Waals surface area contributed by atoms with Crippen molar-refractivity contribution in [3.05, 3.63) is 23.8 Å². The second-order valence-corrected chi connectivity index (χ2v) is 4.38. The van der Waals surface area contributed by atoms with Gasteiger partial charge in [-0.05, 0) is 31.6 Å². The molecule has 5 nitrogen and oxygen atoms in total. The van der Waals surface area contributed by atoms with E-state index in [1.165, 1.54) is 25.3 Å². The molecule has 0 unspecified atom stereocenters. The van der Waals surface area contributed by atoms with Crippen LogP contribution in [0.4, 0.5) is 0 Å². The van der Waals surface area contributed by atoms with Crippen LogP contribution in [-0.4, -0.2) is 44.2 Å². The largest absolute Gasteiger partial charge is 1.00 e. The van der Waals surface area contributed by atoms with Crippen LogP contribution in [0.3, 0.4) is 0 Å². The van der Waals surface area contributed by atoms with Crippen LogP contribution < -0.4 is 39.4 Å². The van der Waals surface area contributed by atoms with Crippen LogP contribution in [0.1, 0.15) is 30.6 Å². The van der Waals surface area contributed by atoms with E-state index in [0.717, 1.165) is 26.1 Å². The van der Waals surface area contributed by atoms with Crippen LogP contribution in [-0.2, 0) is 4.74 Å². The number of hydrogen-bond donors (Lipinski definition) is 0. The Kier molecular flexibility index (Phi) is 10.5. The molecule has 1 rings (SSSR count). The fourth-order valence-electron chi connectivity index (χ4n) is 1.87. The van der Waals surface area contributed by atoms with Crippen molar-refractivity contribution in [2.75, 3.05) is 33.4 Å². The van der Waals surface area contributed by atoms with Gasteiger partial charge in [-0.25, -0.2) is 4.79 Å². The Hall–Kier alpha value is -0.750. The molecule has 0 aliphatic heterocycles. The number of benzene rings is 1. The van der Waals surface area contributed by atoms with Gasteiger partial charge in [0.25, 0.3) is 0 Å². The number of carbonyl (C=O) groups is 1. The maximum atomic E-state index is 11.8. The Morgan fingerprint density at radius 3 is 2.52 bits per heavy atom.